The van der Waals surface area contributed by atoms with Crippen LogP contribution < -0.4 is 4.74 Å². The maximum Gasteiger partial charge on any atom is 0.322 e. The molecule has 2 heterocycles. The second-order valence-electron chi connectivity index (χ2n) is 7.63. The molecule has 0 atom stereocenters. The summed E-state index contributed by atoms with van der Waals surface area (Å²) >= 11 is 0. The van der Waals surface area contributed by atoms with Crippen LogP contribution in [0.3, 0.4) is 0 Å². The SMILES string of the molecule is Cc1ccc(-n2nnc(-c3ccc(F)cc3)c2-c2ccnc(Oc3ccccc3)n2)c(C)c1. The molecular formula is C26H20FN5O. The number of aromatic nitrogens is 5. The maximum atomic E-state index is 13.6. The van der Waals surface area contributed by atoms with E-state index in [0.29, 0.717) is 22.8 Å². The van der Waals surface area contributed by atoms with Crippen LogP contribution in [0.5, 0.6) is 11.8 Å². The minimum atomic E-state index is -0.317. The Morgan fingerprint density at radius 3 is 2.42 bits per heavy atom. The molecule has 0 saturated heterocycles. The fourth-order valence-corrected chi connectivity index (χ4v) is 3.64. The highest BCUT2D eigenvalue weighted by molar-refractivity contribution is 5.77. The van der Waals surface area contributed by atoms with Crippen molar-refractivity contribution in [2.75, 3.05) is 0 Å². The third-order valence-corrected chi connectivity index (χ3v) is 5.20. The fraction of sp³-hybridized carbons (Fsp3) is 0.0769. The average molecular weight is 437 g/mol. The van der Waals surface area contributed by atoms with Crippen molar-refractivity contribution >= 4 is 0 Å². The molecule has 0 radical (unpaired) electrons. The van der Waals surface area contributed by atoms with Gasteiger partial charge in [-0.15, -0.1) is 5.10 Å². The van der Waals surface area contributed by atoms with Gasteiger partial charge in [-0.25, -0.2) is 14.1 Å². The summed E-state index contributed by atoms with van der Waals surface area (Å²) in [6.07, 6.45) is 1.63. The Bertz CT molecular complexity index is 1410. The standard InChI is InChI=1S/C26H20FN5O/c1-17-8-13-23(18(2)16-17)32-25(24(30-31-32)19-9-11-20(27)12-10-19)22-14-15-28-26(29-22)33-21-6-4-3-5-7-21/h3-16H,1-2H3. The van der Waals surface area contributed by atoms with E-state index in [1.165, 1.54) is 12.1 Å². The summed E-state index contributed by atoms with van der Waals surface area (Å²) in [6, 6.07) is 23.6. The quantitative estimate of drug-likeness (QED) is 0.340. The van der Waals surface area contributed by atoms with Crippen molar-refractivity contribution in [2.45, 2.75) is 13.8 Å². The number of hydrogen-bond donors (Lipinski definition) is 0. The predicted octanol–water partition coefficient (Wildman–Crippen LogP) is 5.94. The topological polar surface area (TPSA) is 65.7 Å². The molecule has 0 N–H and O–H groups in total. The number of halogens is 1. The zero-order valence-corrected chi connectivity index (χ0v) is 18.1. The van der Waals surface area contributed by atoms with Crippen LogP contribution in [-0.2, 0) is 0 Å². The number of rotatable bonds is 5. The lowest BCUT2D eigenvalue weighted by Crippen LogP contribution is -2.04. The Kier molecular flexibility index (Phi) is 5.36. The normalized spacial score (nSPS) is 10.9. The monoisotopic (exact) mass is 437 g/mol. The van der Waals surface area contributed by atoms with Crippen LogP contribution in [0.4, 0.5) is 4.39 Å². The van der Waals surface area contributed by atoms with Crippen LogP contribution in [0.1, 0.15) is 11.1 Å². The number of benzene rings is 3. The molecule has 5 aromatic rings. The lowest BCUT2D eigenvalue weighted by molar-refractivity contribution is 0.442. The Morgan fingerprint density at radius 2 is 1.67 bits per heavy atom. The molecule has 3 aromatic carbocycles. The Balaban J connectivity index is 1.67. The summed E-state index contributed by atoms with van der Waals surface area (Å²) in [7, 11) is 0. The summed E-state index contributed by atoms with van der Waals surface area (Å²) in [5.74, 6) is 0.317. The van der Waals surface area contributed by atoms with Gasteiger partial charge < -0.3 is 4.74 Å². The van der Waals surface area contributed by atoms with Crippen LogP contribution in [0, 0.1) is 19.7 Å². The summed E-state index contributed by atoms with van der Waals surface area (Å²) in [6.45, 7) is 4.07. The van der Waals surface area contributed by atoms with Crippen molar-refractivity contribution in [1.82, 2.24) is 25.0 Å². The molecule has 0 fully saturated rings. The summed E-state index contributed by atoms with van der Waals surface area (Å²) in [4.78, 5) is 8.90. The first-order chi connectivity index (χ1) is 16.1. The van der Waals surface area contributed by atoms with E-state index < -0.39 is 0 Å². The smallest absolute Gasteiger partial charge is 0.322 e. The van der Waals surface area contributed by atoms with Crippen LogP contribution in [0.2, 0.25) is 0 Å². The zero-order chi connectivity index (χ0) is 22.8. The van der Waals surface area contributed by atoms with Crippen LogP contribution >= 0.6 is 0 Å². The largest absolute Gasteiger partial charge is 0.424 e. The number of nitrogens with zero attached hydrogens (tertiary/aromatic N) is 5. The van der Waals surface area contributed by atoms with E-state index in [0.717, 1.165) is 22.4 Å². The van der Waals surface area contributed by atoms with Crippen molar-refractivity contribution in [1.29, 1.82) is 0 Å². The van der Waals surface area contributed by atoms with Gasteiger partial charge in [0.15, 0.2) is 0 Å². The Labute approximate surface area is 190 Å². The molecule has 6 nitrogen and oxygen atoms in total. The number of aryl methyl sites for hydroxylation is 2. The van der Waals surface area contributed by atoms with E-state index in [1.54, 1.807) is 29.1 Å². The third kappa shape index (κ3) is 4.21. The summed E-state index contributed by atoms with van der Waals surface area (Å²) < 4.78 is 21.2. The molecule has 0 amide bonds. The van der Waals surface area contributed by atoms with Crippen LogP contribution in [0.15, 0.2) is 85.1 Å². The van der Waals surface area contributed by atoms with Gasteiger partial charge in [0.25, 0.3) is 0 Å². The molecular weight excluding hydrogens is 417 g/mol. The number of hydrogen-bond acceptors (Lipinski definition) is 5. The zero-order valence-electron chi connectivity index (χ0n) is 18.1. The van der Waals surface area contributed by atoms with Gasteiger partial charge >= 0.3 is 6.01 Å². The molecule has 0 aliphatic heterocycles. The second kappa shape index (κ2) is 8.63. The molecule has 0 aliphatic rings. The molecule has 5 rings (SSSR count). The lowest BCUT2D eigenvalue weighted by atomic mass is 10.1. The van der Waals surface area contributed by atoms with E-state index >= 15 is 0 Å². The predicted molar refractivity (Wildman–Crippen MR) is 124 cm³/mol. The third-order valence-electron chi connectivity index (χ3n) is 5.20. The van der Waals surface area contributed by atoms with Gasteiger partial charge in [0.2, 0.25) is 0 Å². The highest BCUT2D eigenvalue weighted by Gasteiger charge is 2.21. The van der Waals surface area contributed by atoms with Gasteiger partial charge in [0.05, 0.1) is 11.4 Å². The van der Waals surface area contributed by atoms with E-state index in [9.17, 15) is 4.39 Å². The molecule has 0 spiro atoms. The van der Waals surface area contributed by atoms with Gasteiger partial charge in [-0.1, -0.05) is 41.1 Å². The first-order valence-electron chi connectivity index (χ1n) is 10.4. The Morgan fingerprint density at radius 1 is 0.879 bits per heavy atom. The molecule has 33 heavy (non-hydrogen) atoms. The maximum absolute atomic E-state index is 13.6. The van der Waals surface area contributed by atoms with Gasteiger partial charge in [-0.2, -0.15) is 4.98 Å². The van der Waals surface area contributed by atoms with E-state index in [2.05, 4.69) is 26.3 Å². The van der Waals surface area contributed by atoms with E-state index in [4.69, 9.17) is 4.74 Å². The number of ether oxygens (including phenoxy) is 1. The van der Waals surface area contributed by atoms with Gasteiger partial charge in [-0.05, 0) is 67.9 Å². The van der Waals surface area contributed by atoms with Crippen molar-refractivity contribution in [3.05, 3.63) is 102 Å². The Hall–Kier alpha value is -4.39. The van der Waals surface area contributed by atoms with Gasteiger partial charge in [0, 0.05) is 11.8 Å². The van der Waals surface area contributed by atoms with Crippen molar-refractivity contribution in [3.63, 3.8) is 0 Å². The summed E-state index contributed by atoms with van der Waals surface area (Å²) in [5.41, 5.74) is 5.62. The van der Waals surface area contributed by atoms with E-state index in [1.807, 2.05) is 56.3 Å². The minimum Gasteiger partial charge on any atom is -0.424 e. The number of para-hydroxylation sites is 1. The molecule has 0 unspecified atom stereocenters. The highest BCUT2D eigenvalue weighted by atomic mass is 19.1. The molecule has 0 saturated carbocycles. The van der Waals surface area contributed by atoms with Gasteiger partial charge in [-0.3, -0.25) is 0 Å². The first kappa shape index (κ1) is 20.5. The van der Waals surface area contributed by atoms with Crippen LogP contribution in [-0.4, -0.2) is 25.0 Å². The van der Waals surface area contributed by atoms with Crippen molar-refractivity contribution in [2.24, 2.45) is 0 Å². The van der Waals surface area contributed by atoms with Crippen molar-refractivity contribution in [3.8, 4) is 40.1 Å². The minimum absolute atomic E-state index is 0.206. The van der Waals surface area contributed by atoms with Crippen molar-refractivity contribution < 1.29 is 9.13 Å². The molecule has 2 aromatic heterocycles. The molecule has 0 bridgehead atoms. The first-order valence-corrected chi connectivity index (χ1v) is 10.4. The van der Waals surface area contributed by atoms with Crippen LogP contribution in [0.25, 0.3) is 28.3 Å². The fourth-order valence-electron chi connectivity index (χ4n) is 3.64. The second-order valence-corrected chi connectivity index (χ2v) is 7.63. The molecule has 0 aliphatic carbocycles. The van der Waals surface area contributed by atoms with E-state index in [-0.39, 0.29) is 11.8 Å². The van der Waals surface area contributed by atoms with Gasteiger partial charge in [0.1, 0.15) is 23.0 Å². The molecule has 162 valence electrons. The average Bonchev–Trinajstić information content (AvgIpc) is 3.25. The highest BCUT2D eigenvalue weighted by Crippen LogP contribution is 2.33. The lowest BCUT2D eigenvalue weighted by Gasteiger charge is -2.12. The molecule has 7 heteroatoms. The summed E-state index contributed by atoms with van der Waals surface area (Å²) in [5, 5.41) is 8.87.